The van der Waals surface area contributed by atoms with Gasteiger partial charge < -0.3 is 10.6 Å². The number of rotatable bonds is 3. The highest BCUT2D eigenvalue weighted by atomic mass is 15.1. The second kappa shape index (κ2) is 4.88. The molecule has 16 heavy (non-hydrogen) atoms. The zero-order valence-electron chi connectivity index (χ0n) is 10.4. The van der Waals surface area contributed by atoms with Gasteiger partial charge in [-0.05, 0) is 37.0 Å². The van der Waals surface area contributed by atoms with Gasteiger partial charge in [-0.2, -0.15) is 0 Å². The van der Waals surface area contributed by atoms with Gasteiger partial charge in [-0.15, -0.1) is 0 Å². The lowest BCUT2D eigenvalue weighted by atomic mass is 10.1. The molecule has 0 spiro atoms. The molecule has 0 unspecified atom stereocenters. The van der Waals surface area contributed by atoms with Crippen LogP contribution in [-0.2, 0) is 6.54 Å². The van der Waals surface area contributed by atoms with Gasteiger partial charge in [-0.3, -0.25) is 0 Å². The van der Waals surface area contributed by atoms with Crippen molar-refractivity contribution >= 4 is 5.69 Å². The smallest absolute Gasteiger partial charge is 0.0396 e. The van der Waals surface area contributed by atoms with E-state index in [4.69, 9.17) is 5.73 Å². The van der Waals surface area contributed by atoms with Crippen molar-refractivity contribution in [3.63, 3.8) is 0 Å². The van der Waals surface area contributed by atoms with E-state index in [1.165, 1.54) is 42.5 Å². The van der Waals surface area contributed by atoms with Crippen molar-refractivity contribution in [2.24, 2.45) is 5.73 Å². The van der Waals surface area contributed by atoms with Crippen molar-refractivity contribution in [2.75, 3.05) is 11.9 Å². The Bertz CT molecular complexity index is 354. The molecule has 2 N–H and O–H groups in total. The maximum atomic E-state index is 5.65. The maximum absolute atomic E-state index is 5.65. The Morgan fingerprint density at radius 3 is 2.56 bits per heavy atom. The van der Waals surface area contributed by atoms with Crippen LogP contribution in [-0.4, -0.2) is 13.1 Å². The maximum Gasteiger partial charge on any atom is 0.0396 e. The second-order valence-electron chi connectivity index (χ2n) is 4.87. The summed E-state index contributed by atoms with van der Waals surface area (Å²) >= 11 is 0. The predicted molar refractivity (Wildman–Crippen MR) is 69.7 cm³/mol. The Morgan fingerprint density at radius 2 is 2.00 bits per heavy atom. The summed E-state index contributed by atoms with van der Waals surface area (Å²) in [5, 5.41) is 0. The lowest BCUT2D eigenvalue weighted by Gasteiger charge is -2.28. The zero-order valence-corrected chi connectivity index (χ0v) is 10.4. The minimum atomic E-state index is 0.633. The summed E-state index contributed by atoms with van der Waals surface area (Å²) in [6.07, 6.45) is 5.45. The minimum Gasteiger partial charge on any atom is -0.371 e. The number of benzene rings is 1. The van der Waals surface area contributed by atoms with Gasteiger partial charge in [-0.25, -0.2) is 0 Å². The normalized spacial score (nSPS) is 16.7. The van der Waals surface area contributed by atoms with Crippen LogP contribution < -0.4 is 10.6 Å². The predicted octanol–water partition coefficient (Wildman–Crippen LogP) is 2.83. The van der Waals surface area contributed by atoms with Crippen LogP contribution in [0.3, 0.4) is 0 Å². The molecule has 0 bridgehead atoms. The van der Waals surface area contributed by atoms with Crippen molar-refractivity contribution in [1.82, 2.24) is 0 Å². The van der Waals surface area contributed by atoms with Crippen LogP contribution in [0, 0.1) is 6.92 Å². The highest BCUT2D eigenvalue weighted by Crippen LogP contribution is 2.29. The highest BCUT2D eigenvalue weighted by molar-refractivity contribution is 5.54. The molecule has 0 aliphatic heterocycles. The third-order valence-electron chi connectivity index (χ3n) is 3.75. The molecule has 1 fully saturated rings. The molecule has 1 aromatic carbocycles. The summed E-state index contributed by atoms with van der Waals surface area (Å²) in [6.45, 7) is 2.81. The summed E-state index contributed by atoms with van der Waals surface area (Å²) in [7, 11) is 2.22. The van der Waals surface area contributed by atoms with Crippen LogP contribution >= 0.6 is 0 Å². The van der Waals surface area contributed by atoms with E-state index in [-0.39, 0.29) is 0 Å². The topological polar surface area (TPSA) is 29.3 Å². The molecule has 1 aliphatic rings. The van der Waals surface area contributed by atoms with Gasteiger partial charge in [0, 0.05) is 25.3 Å². The van der Waals surface area contributed by atoms with Crippen molar-refractivity contribution in [2.45, 2.75) is 45.2 Å². The number of anilines is 1. The van der Waals surface area contributed by atoms with E-state index in [1.807, 2.05) is 0 Å². The first-order chi connectivity index (χ1) is 7.72. The molecule has 2 nitrogen and oxygen atoms in total. The van der Waals surface area contributed by atoms with Gasteiger partial charge >= 0.3 is 0 Å². The average Bonchev–Trinajstić information content (AvgIpc) is 2.81. The zero-order chi connectivity index (χ0) is 11.5. The third kappa shape index (κ3) is 2.22. The van der Waals surface area contributed by atoms with E-state index in [9.17, 15) is 0 Å². The van der Waals surface area contributed by atoms with E-state index in [0.29, 0.717) is 6.54 Å². The van der Waals surface area contributed by atoms with Crippen molar-refractivity contribution in [1.29, 1.82) is 0 Å². The molecule has 1 aromatic rings. The monoisotopic (exact) mass is 218 g/mol. The van der Waals surface area contributed by atoms with Crippen LogP contribution in [0.4, 0.5) is 5.69 Å². The fourth-order valence-electron chi connectivity index (χ4n) is 2.73. The Kier molecular flexibility index (Phi) is 3.49. The van der Waals surface area contributed by atoms with E-state index in [0.717, 1.165) is 6.04 Å². The Balaban J connectivity index is 2.19. The molecule has 0 atom stereocenters. The second-order valence-corrected chi connectivity index (χ2v) is 4.87. The Hall–Kier alpha value is -1.02. The number of nitrogens with zero attached hydrogens (tertiary/aromatic N) is 1. The van der Waals surface area contributed by atoms with E-state index in [2.05, 4.69) is 37.1 Å². The lowest BCUT2D eigenvalue weighted by molar-refractivity contribution is 0.652. The quantitative estimate of drug-likeness (QED) is 0.845. The van der Waals surface area contributed by atoms with Crippen LogP contribution in [0.15, 0.2) is 18.2 Å². The summed E-state index contributed by atoms with van der Waals surface area (Å²) in [5.74, 6) is 0. The molecule has 1 aliphatic carbocycles. The van der Waals surface area contributed by atoms with Crippen molar-refractivity contribution in [3.05, 3.63) is 29.3 Å². The van der Waals surface area contributed by atoms with E-state index < -0.39 is 0 Å². The molecule has 0 heterocycles. The fourth-order valence-corrected chi connectivity index (χ4v) is 2.73. The molecule has 0 saturated heterocycles. The molecule has 88 valence electrons. The molecule has 1 saturated carbocycles. The molecule has 0 radical (unpaired) electrons. The first-order valence-electron chi connectivity index (χ1n) is 6.25. The number of nitrogens with two attached hydrogens (primary N) is 1. The largest absolute Gasteiger partial charge is 0.371 e. The first kappa shape index (κ1) is 11.5. The molecule has 2 heteroatoms. The molecular weight excluding hydrogens is 196 g/mol. The van der Waals surface area contributed by atoms with Crippen LogP contribution in [0.25, 0.3) is 0 Å². The standard InChI is InChI=1S/C14H22N2/c1-11-9-12(10-15)7-8-14(11)16(2)13-5-3-4-6-13/h7-9,13H,3-6,10,15H2,1-2H3. The Morgan fingerprint density at radius 1 is 1.31 bits per heavy atom. The number of hydrogen-bond acceptors (Lipinski definition) is 2. The van der Waals surface area contributed by atoms with E-state index >= 15 is 0 Å². The van der Waals surface area contributed by atoms with Gasteiger partial charge in [0.05, 0.1) is 0 Å². The van der Waals surface area contributed by atoms with Crippen molar-refractivity contribution in [3.8, 4) is 0 Å². The van der Waals surface area contributed by atoms with Gasteiger partial charge in [-0.1, -0.05) is 25.0 Å². The molecular formula is C14H22N2. The summed E-state index contributed by atoms with van der Waals surface area (Å²) in [4.78, 5) is 2.45. The number of aryl methyl sites for hydroxylation is 1. The summed E-state index contributed by atoms with van der Waals surface area (Å²) in [6, 6.07) is 7.31. The minimum absolute atomic E-state index is 0.633. The van der Waals surface area contributed by atoms with Crippen LogP contribution in [0.1, 0.15) is 36.8 Å². The summed E-state index contributed by atoms with van der Waals surface area (Å²) < 4.78 is 0. The van der Waals surface area contributed by atoms with Gasteiger partial charge in [0.15, 0.2) is 0 Å². The number of hydrogen-bond donors (Lipinski definition) is 1. The molecule has 0 aromatic heterocycles. The summed E-state index contributed by atoms with van der Waals surface area (Å²) in [5.41, 5.74) is 9.59. The van der Waals surface area contributed by atoms with Crippen LogP contribution in [0.2, 0.25) is 0 Å². The molecule has 2 rings (SSSR count). The SMILES string of the molecule is Cc1cc(CN)ccc1N(C)C1CCCC1. The molecule has 0 amide bonds. The highest BCUT2D eigenvalue weighted by Gasteiger charge is 2.20. The van der Waals surface area contributed by atoms with Crippen LogP contribution in [0.5, 0.6) is 0 Å². The fraction of sp³-hybridized carbons (Fsp3) is 0.571. The average molecular weight is 218 g/mol. The lowest BCUT2D eigenvalue weighted by Crippen LogP contribution is -2.29. The third-order valence-corrected chi connectivity index (χ3v) is 3.75. The van der Waals surface area contributed by atoms with Gasteiger partial charge in [0.2, 0.25) is 0 Å². The van der Waals surface area contributed by atoms with Gasteiger partial charge in [0.25, 0.3) is 0 Å². The van der Waals surface area contributed by atoms with Crippen molar-refractivity contribution < 1.29 is 0 Å². The van der Waals surface area contributed by atoms with E-state index in [1.54, 1.807) is 0 Å². The Labute approximate surface area is 98.4 Å². The first-order valence-corrected chi connectivity index (χ1v) is 6.25. The van der Waals surface area contributed by atoms with Gasteiger partial charge in [0.1, 0.15) is 0 Å².